The van der Waals surface area contributed by atoms with E-state index in [4.69, 9.17) is 11.6 Å². The van der Waals surface area contributed by atoms with Crippen molar-refractivity contribution in [3.8, 4) is 0 Å². The van der Waals surface area contributed by atoms with E-state index in [2.05, 4.69) is 5.32 Å². The van der Waals surface area contributed by atoms with E-state index in [-0.39, 0.29) is 17.3 Å². The summed E-state index contributed by atoms with van der Waals surface area (Å²) < 4.78 is 28.4. The van der Waals surface area contributed by atoms with Gasteiger partial charge >= 0.3 is 0 Å². The SMILES string of the molecule is CCNC(=O)[C@@H](C)N(Cc1ccccc1C)C(=O)CN(c1ccccc1)S(=O)(=O)c1ccc(Cl)cc1. The van der Waals surface area contributed by atoms with Gasteiger partial charge in [-0.05, 0) is 68.3 Å². The Kier molecular flexibility index (Phi) is 9.12. The Morgan fingerprint density at radius 2 is 1.56 bits per heavy atom. The molecule has 2 amide bonds. The summed E-state index contributed by atoms with van der Waals surface area (Å²) in [6, 6.07) is 21.0. The van der Waals surface area contributed by atoms with Crippen LogP contribution >= 0.6 is 11.6 Å². The molecule has 36 heavy (non-hydrogen) atoms. The van der Waals surface area contributed by atoms with E-state index in [0.29, 0.717) is 17.3 Å². The first kappa shape index (κ1) is 27.2. The zero-order chi connectivity index (χ0) is 26.3. The lowest BCUT2D eigenvalue weighted by Crippen LogP contribution is -2.51. The summed E-state index contributed by atoms with van der Waals surface area (Å²) in [4.78, 5) is 27.9. The van der Waals surface area contributed by atoms with E-state index in [1.807, 2.05) is 31.2 Å². The number of benzene rings is 3. The minimum absolute atomic E-state index is 0.00535. The highest BCUT2D eigenvalue weighted by atomic mass is 35.5. The van der Waals surface area contributed by atoms with Crippen LogP contribution in [0.4, 0.5) is 5.69 Å². The topological polar surface area (TPSA) is 86.8 Å². The molecule has 0 heterocycles. The second kappa shape index (κ2) is 12.1. The van der Waals surface area contributed by atoms with E-state index in [1.165, 1.54) is 29.2 Å². The number of aryl methyl sites for hydroxylation is 1. The van der Waals surface area contributed by atoms with E-state index < -0.39 is 28.5 Å². The van der Waals surface area contributed by atoms with Gasteiger partial charge in [0, 0.05) is 18.1 Å². The molecule has 0 saturated heterocycles. The number of amides is 2. The summed E-state index contributed by atoms with van der Waals surface area (Å²) in [6.07, 6.45) is 0. The molecule has 1 N–H and O–H groups in total. The van der Waals surface area contributed by atoms with Crippen LogP contribution in [-0.4, -0.2) is 44.3 Å². The average Bonchev–Trinajstić information content (AvgIpc) is 2.87. The van der Waals surface area contributed by atoms with E-state index in [0.717, 1.165) is 15.4 Å². The molecular formula is C27H30ClN3O4S. The molecule has 0 spiro atoms. The molecule has 9 heteroatoms. The van der Waals surface area contributed by atoms with Crippen molar-refractivity contribution in [1.29, 1.82) is 0 Å². The molecule has 0 fully saturated rings. The van der Waals surface area contributed by atoms with Crippen LogP contribution in [0.2, 0.25) is 5.02 Å². The van der Waals surface area contributed by atoms with Crippen LogP contribution in [0.3, 0.4) is 0 Å². The third kappa shape index (κ3) is 6.44. The largest absolute Gasteiger partial charge is 0.355 e. The summed E-state index contributed by atoms with van der Waals surface area (Å²) in [7, 11) is -4.11. The lowest BCUT2D eigenvalue weighted by atomic mass is 10.1. The van der Waals surface area contributed by atoms with Gasteiger partial charge in [-0.2, -0.15) is 0 Å². The van der Waals surface area contributed by atoms with Crippen LogP contribution in [-0.2, 0) is 26.2 Å². The van der Waals surface area contributed by atoms with Crippen molar-refractivity contribution in [1.82, 2.24) is 10.2 Å². The first-order valence-electron chi connectivity index (χ1n) is 11.6. The van der Waals surface area contributed by atoms with Crippen molar-refractivity contribution in [3.63, 3.8) is 0 Å². The number of para-hydroxylation sites is 1. The van der Waals surface area contributed by atoms with Crippen LogP contribution in [0.5, 0.6) is 0 Å². The molecule has 1 atom stereocenters. The zero-order valence-corrected chi connectivity index (χ0v) is 22.1. The van der Waals surface area contributed by atoms with Crippen molar-refractivity contribution < 1.29 is 18.0 Å². The number of hydrogen-bond donors (Lipinski definition) is 1. The van der Waals surface area contributed by atoms with Crippen molar-refractivity contribution in [2.45, 2.75) is 38.3 Å². The summed E-state index contributed by atoms with van der Waals surface area (Å²) in [5.74, 6) is -0.815. The van der Waals surface area contributed by atoms with Crippen LogP contribution in [0.1, 0.15) is 25.0 Å². The van der Waals surface area contributed by atoms with Crippen molar-refractivity contribution in [2.75, 3.05) is 17.4 Å². The van der Waals surface area contributed by atoms with Crippen LogP contribution in [0.25, 0.3) is 0 Å². The van der Waals surface area contributed by atoms with Gasteiger partial charge in [0.05, 0.1) is 10.6 Å². The van der Waals surface area contributed by atoms with Gasteiger partial charge in [-0.25, -0.2) is 8.42 Å². The van der Waals surface area contributed by atoms with Crippen LogP contribution in [0.15, 0.2) is 83.8 Å². The zero-order valence-electron chi connectivity index (χ0n) is 20.5. The Bertz CT molecular complexity index is 1300. The van der Waals surface area contributed by atoms with Crippen molar-refractivity contribution >= 4 is 39.1 Å². The number of nitrogens with zero attached hydrogens (tertiary/aromatic N) is 2. The number of carbonyl (C=O) groups excluding carboxylic acids is 2. The Balaban J connectivity index is 2.01. The summed E-state index contributed by atoms with van der Waals surface area (Å²) in [5, 5.41) is 3.15. The molecule has 3 aromatic rings. The lowest BCUT2D eigenvalue weighted by Gasteiger charge is -2.32. The fraction of sp³-hybridized carbons (Fsp3) is 0.259. The smallest absolute Gasteiger partial charge is 0.264 e. The minimum atomic E-state index is -4.11. The van der Waals surface area contributed by atoms with Gasteiger partial charge in [-0.15, -0.1) is 0 Å². The Hall–Kier alpha value is -3.36. The van der Waals surface area contributed by atoms with Gasteiger partial charge in [0.1, 0.15) is 12.6 Å². The maximum atomic E-state index is 13.7. The number of anilines is 1. The molecule has 0 bridgehead atoms. The minimum Gasteiger partial charge on any atom is -0.355 e. The van der Waals surface area contributed by atoms with Crippen LogP contribution in [0, 0.1) is 6.92 Å². The highest BCUT2D eigenvalue weighted by Crippen LogP contribution is 2.25. The fourth-order valence-electron chi connectivity index (χ4n) is 3.73. The van der Waals surface area contributed by atoms with E-state index >= 15 is 0 Å². The molecule has 0 aromatic heterocycles. The number of halogens is 1. The number of rotatable bonds is 10. The van der Waals surface area contributed by atoms with Gasteiger partial charge < -0.3 is 10.2 Å². The van der Waals surface area contributed by atoms with Gasteiger partial charge in [0.15, 0.2) is 0 Å². The molecule has 0 aliphatic heterocycles. The number of likely N-dealkylation sites (N-methyl/N-ethyl adjacent to an activating group) is 1. The third-order valence-corrected chi connectivity index (χ3v) is 7.88. The Morgan fingerprint density at radius 1 is 0.944 bits per heavy atom. The molecule has 190 valence electrons. The molecule has 3 rings (SSSR count). The number of carbonyl (C=O) groups is 2. The molecule has 7 nitrogen and oxygen atoms in total. The predicted octanol–water partition coefficient (Wildman–Crippen LogP) is 4.40. The molecule has 0 saturated carbocycles. The lowest BCUT2D eigenvalue weighted by molar-refractivity contribution is -0.139. The monoisotopic (exact) mass is 527 g/mol. The maximum absolute atomic E-state index is 13.7. The van der Waals surface area contributed by atoms with Crippen molar-refractivity contribution in [3.05, 3.63) is 95.0 Å². The van der Waals surface area contributed by atoms with Crippen molar-refractivity contribution in [2.24, 2.45) is 0 Å². The normalized spacial score (nSPS) is 12.0. The Labute approximate surface area is 217 Å². The second-order valence-electron chi connectivity index (χ2n) is 8.32. The molecule has 0 unspecified atom stereocenters. The standard InChI is InChI=1S/C27H30ClN3O4S/c1-4-29-27(33)21(3)30(18-22-11-9-8-10-20(22)2)26(32)19-31(24-12-6-5-7-13-24)36(34,35)25-16-14-23(28)15-17-25/h5-17,21H,4,18-19H2,1-3H3,(H,29,33)/t21-/m1/s1. The molecule has 0 aliphatic carbocycles. The molecular weight excluding hydrogens is 498 g/mol. The quantitative estimate of drug-likeness (QED) is 0.423. The highest BCUT2D eigenvalue weighted by molar-refractivity contribution is 7.92. The second-order valence-corrected chi connectivity index (χ2v) is 10.6. The fourth-order valence-corrected chi connectivity index (χ4v) is 5.27. The van der Waals surface area contributed by atoms with Gasteiger partial charge in [-0.3, -0.25) is 13.9 Å². The number of nitrogens with one attached hydrogen (secondary N) is 1. The van der Waals surface area contributed by atoms with E-state index in [9.17, 15) is 18.0 Å². The first-order valence-corrected chi connectivity index (χ1v) is 13.4. The Morgan fingerprint density at radius 3 is 2.17 bits per heavy atom. The van der Waals surface area contributed by atoms with Gasteiger partial charge in [0.2, 0.25) is 11.8 Å². The third-order valence-electron chi connectivity index (χ3n) is 5.84. The maximum Gasteiger partial charge on any atom is 0.264 e. The summed E-state index contributed by atoms with van der Waals surface area (Å²) in [6.45, 7) is 5.46. The summed E-state index contributed by atoms with van der Waals surface area (Å²) in [5.41, 5.74) is 2.17. The first-order chi connectivity index (χ1) is 17.1. The molecule has 3 aromatic carbocycles. The van der Waals surface area contributed by atoms with Crippen LogP contribution < -0.4 is 9.62 Å². The predicted molar refractivity (Wildman–Crippen MR) is 142 cm³/mol. The molecule has 0 radical (unpaired) electrons. The average molecular weight is 528 g/mol. The number of hydrogen-bond acceptors (Lipinski definition) is 4. The number of sulfonamides is 1. The van der Waals surface area contributed by atoms with E-state index in [1.54, 1.807) is 44.2 Å². The molecule has 0 aliphatic rings. The summed E-state index contributed by atoms with van der Waals surface area (Å²) >= 11 is 5.96. The highest BCUT2D eigenvalue weighted by Gasteiger charge is 2.32. The van der Waals surface area contributed by atoms with Gasteiger partial charge in [-0.1, -0.05) is 54.1 Å². The van der Waals surface area contributed by atoms with Gasteiger partial charge in [0.25, 0.3) is 10.0 Å².